The monoisotopic (exact) mass is 186 g/mol. The van der Waals surface area contributed by atoms with Crippen LogP contribution in [0.15, 0.2) is 48.1 Å². The molecule has 0 heterocycles. The summed E-state index contributed by atoms with van der Waals surface area (Å²) in [6, 6.07) is 10.6. The lowest BCUT2D eigenvalue weighted by atomic mass is 10.0. The Morgan fingerprint density at radius 2 is 1.86 bits per heavy atom. The van der Waals surface area contributed by atoms with E-state index in [1.165, 1.54) is 16.7 Å². The van der Waals surface area contributed by atoms with Gasteiger partial charge in [-0.15, -0.1) is 0 Å². The zero-order valence-electron chi connectivity index (χ0n) is 9.25. The summed E-state index contributed by atoms with van der Waals surface area (Å²) in [5, 5.41) is 0. The SMILES string of the molecule is CC=C(C)C=C(CC)c1ccccc1. The van der Waals surface area contributed by atoms with E-state index in [9.17, 15) is 0 Å². The van der Waals surface area contributed by atoms with Crippen LogP contribution in [0.4, 0.5) is 0 Å². The van der Waals surface area contributed by atoms with Gasteiger partial charge in [-0.2, -0.15) is 0 Å². The van der Waals surface area contributed by atoms with E-state index >= 15 is 0 Å². The minimum atomic E-state index is 1.08. The Kier molecular flexibility index (Phi) is 4.18. The first kappa shape index (κ1) is 10.8. The number of benzene rings is 1. The summed E-state index contributed by atoms with van der Waals surface area (Å²) >= 11 is 0. The van der Waals surface area contributed by atoms with Gasteiger partial charge in [0, 0.05) is 0 Å². The highest BCUT2D eigenvalue weighted by Gasteiger charge is 1.97. The Hall–Kier alpha value is -1.30. The maximum Gasteiger partial charge on any atom is -0.0225 e. The molecule has 0 aliphatic heterocycles. The average molecular weight is 186 g/mol. The van der Waals surface area contributed by atoms with Crippen LogP contribution in [0.2, 0.25) is 0 Å². The molecule has 1 rings (SSSR count). The van der Waals surface area contributed by atoms with Crippen molar-refractivity contribution in [3.8, 4) is 0 Å². The van der Waals surface area contributed by atoms with Crippen molar-refractivity contribution in [2.75, 3.05) is 0 Å². The molecule has 0 saturated carbocycles. The van der Waals surface area contributed by atoms with E-state index in [0.29, 0.717) is 0 Å². The fraction of sp³-hybridized carbons (Fsp3) is 0.286. The van der Waals surface area contributed by atoms with Crippen molar-refractivity contribution in [2.24, 2.45) is 0 Å². The smallest absolute Gasteiger partial charge is 0.0225 e. The fourth-order valence-electron chi connectivity index (χ4n) is 1.40. The standard InChI is InChI=1S/C14H18/c1-4-12(3)11-13(5-2)14-9-7-6-8-10-14/h4,6-11H,5H2,1-3H3. The van der Waals surface area contributed by atoms with Gasteiger partial charge in [-0.1, -0.05) is 55.0 Å². The normalized spacial score (nSPS) is 13.1. The van der Waals surface area contributed by atoms with E-state index in [2.05, 4.69) is 63.3 Å². The molecule has 1 aromatic carbocycles. The largest absolute Gasteiger partial charge is 0.0847 e. The van der Waals surface area contributed by atoms with Crippen molar-refractivity contribution in [1.29, 1.82) is 0 Å². The highest BCUT2D eigenvalue weighted by molar-refractivity contribution is 5.67. The molecule has 0 bridgehead atoms. The van der Waals surface area contributed by atoms with Crippen molar-refractivity contribution in [3.05, 3.63) is 53.6 Å². The molecule has 74 valence electrons. The molecule has 0 spiro atoms. The predicted molar refractivity (Wildman–Crippen MR) is 64.1 cm³/mol. The molecular formula is C14H18. The lowest BCUT2D eigenvalue weighted by molar-refractivity contribution is 1.23. The van der Waals surface area contributed by atoms with E-state index in [0.717, 1.165) is 6.42 Å². The fourth-order valence-corrected chi connectivity index (χ4v) is 1.40. The second-order valence-corrected chi connectivity index (χ2v) is 3.42. The molecular weight excluding hydrogens is 168 g/mol. The molecule has 1 aromatic rings. The van der Waals surface area contributed by atoms with E-state index in [4.69, 9.17) is 0 Å². The van der Waals surface area contributed by atoms with Crippen LogP contribution in [0.25, 0.3) is 5.57 Å². The maximum absolute atomic E-state index is 2.26. The zero-order chi connectivity index (χ0) is 10.4. The zero-order valence-corrected chi connectivity index (χ0v) is 9.25. The highest BCUT2D eigenvalue weighted by Crippen LogP contribution is 2.19. The molecule has 0 nitrogen and oxygen atoms in total. The summed E-state index contributed by atoms with van der Waals surface area (Å²) in [4.78, 5) is 0. The van der Waals surface area contributed by atoms with Crippen LogP contribution >= 0.6 is 0 Å². The molecule has 0 amide bonds. The third-order valence-corrected chi connectivity index (χ3v) is 2.38. The third kappa shape index (κ3) is 2.88. The van der Waals surface area contributed by atoms with Gasteiger partial charge in [0.2, 0.25) is 0 Å². The molecule has 0 aromatic heterocycles. The second-order valence-electron chi connectivity index (χ2n) is 3.42. The molecule has 14 heavy (non-hydrogen) atoms. The van der Waals surface area contributed by atoms with Gasteiger partial charge < -0.3 is 0 Å². The molecule has 0 aliphatic carbocycles. The van der Waals surface area contributed by atoms with Crippen molar-refractivity contribution in [1.82, 2.24) is 0 Å². The first-order valence-corrected chi connectivity index (χ1v) is 5.16. The number of rotatable bonds is 3. The second kappa shape index (κ2) is 5.43. The van der Waals surface area contributed by atoms with Crippen LogP contribution in [0.1, 0.15) is 32.8 Å². The van der Waals surface area contributed by atoms with Crippen molar-refractivity contribution in [2.45, 2.75) is 27.2 Å². The Balaban J connectivity index is 2.99. The van der Waals surface area contributed by atoms with E-state index in [1.807, 2.05) is 0 Å². The first-order valence-electron chi connectivity index (χ1n) is 5.16. The number of hydrogen-bond donors (Lipinski definition) is 0. The van der Waals surface area contributed by atoms with Gasteiger partial charge >= 0.3 is 0 Å². The quantitative estimate of drug-likeness (QED) is 0.612. The summed E-state index contributed by atoms with van der Waals surface area (Å²) in [7, 11) is 0. The minimum Gasteiger partial charge on any atom is -0.0847 e. The number of hydrogen-bond acceptors (Lipinski definition) is 0. The van der Waals surface area contributed by atoms with E-state index < -0.39 is 0 Å². The highest BCUT2D eigenvalue weighted by atomic mass is 14.0. The van der Waals surface area contributed by atoms with Crippen LogP contribution in [0.5, 0.6) is 0 Å². The lowest BCUT2D eigenvalue weighted by Crippen LogP contribution is -1.82. The molecule has 0 radical (unpaired) electrons. The minimum absolute atomic E-state index is 1.08. The summed E-state index contributed by atoms with van der Waals surface area (Å²) in [6.07, 6.45) is 5.48. The maximum atomic E-state index is 2.26. The molecule has 0 saturated heterocycles. The van der Waals surface area contributed by atoms with Gasteiger partial charge in [0.25, 0.3) is 0 Å². The van der Waals surface area contributed by atoms with Gasteiger partial charge in [-0.05, 0) is 31.4 Å². The molecule has 0 aliphatic rings. The van der Waals surface area contributed by atoms with Gasteiger partial charge in [-0.25, -0.2) is 0 Å². The van der Waals surface area contributed by atoms with Gasteiger partial charge in [0.05, 0.1) is 0 Å². The van der Waals surface area contributed by atoms with Crippen LogP contribution in [-0.2, 0) is 0 Å². The molecule has 0 unspecified atom stereocenters. The van der Waals surface area contributed by atoms with Crippen molar-refractivity contribution < 1.29 is 0 Å². The Morgan fingerprint density at radius 3 is 2.36 bits per heavy atom. The van der Waals surface area contributed by atoms with E-state index in [-0.39, 0.29) is 0 Å². The number of allylic oxidation sites excluding steroid dienone is 4. The average Bonchev–Trinajstić information content (AvgIpc) is 2.26. The molecule has 0 atom stereocenters. The summed E-state index contributed by atoms with van der Waals surface area (Å²) in [5.74, 6) is 0. The van der Waals surface area contributed by atoms with Gasteiger partial charge in [0.15, 0.2) is 0 Å². The van der Waals surface area contributed by atoms with E-state index in [1.54, 1.807) is 0 Å². The Morgan fingerprint density at radius 1 is 1.21 bits per heavy atom. The topological polar surface area (TPSA) is 0 Å². The van der Waals surface area contributed by atoms with Crippen LogP contribution in [0, 0.1) is 0 Å². The first-order chi connectivity index (χ1) is 6.77. The Labute approximate surface area is 87.0 Å². The summed E-state index contributed by atoms with van der Waals surface area (Å²) in [5.41, 5.74) is 4.06. The third-order valence-electron chi connectivity index (χ3n) is 2.38. The molecule has 0 fully saturated rings. The van der Waals surface area contributed by atoms with Crippen molar-refractivity contribution >= 4 is 5.57 Å². The predicted octanol–water partition coefficient (Wildman–Crippen LogP) is 4.45. The van der Waals surface area contributed by atoms with Crippen LogP contribution < -0.4 is 0 Å². The van der Waals surface area contributed by atoms with Crippen LogP contribution in [0.3, 0.4) is 0 Å². The van der Waals surface area contributed by atoms with Crippen LogP contribution in [-0.4, -0.2) is 0 Å². The summed E-state index contributed by atoms with van der Waals surface area (Å²) < 4.78 is 0. The van der Waals surface area contributed by atoms with Gasteiger partial charge in [-0.3, -0.25) is 0 Å². The van der Waals surface area contributed by atoms with Crippen molar-refractivity contribution in [3.63, 3.8) is 0 Å². The lowest BCUT2D eigenvalue weighted by Gasteiger charge is -2.04. The molecule has 0 heteroatoms. The summed E-state index contributed by atoms with van der Waals surface area (Å²) in [6.45, 7) is 6.41. The molecule has 0 N–H and O–H groups in total. The Bertz CT molecular complexity index is 328. The van der Waals surface area contributed by atoms with Gasteiger partial charge in [0.1, 0.15) is 0 Å².